The molecule has 1 rings (SSSR count). The number of hydrogen-bond donors (Lipinski definition) is 0. The molecule has 0 saturated carbocycles. The molecule has 1 aromatic heterocycles. The van der Waals surface area contributed by atoms with Gasteiger partial charge in [0.05, 0.1) is 5.69 Å². The van der Waals surface area contributed by atoms with Gasteiger partial charge >= 0.3 is 0 Å². The maximum absolute atomic E-state index is 11.0. The highest BCUT2D eigenvalue weighted by Crippen LogP contribution is 2.17. The highest BCUT2D eigenvalue weighted by Gasteiger charge is 2.15. The molecule has 0 spiro atoms. The topological polar surface area (TPSA) is 43.1 Å². The summed E-state index contributed by atoms with van der Waals surface area (Å²) in [7, 11) is 0. The number of carbonyl (C=O) groups is 1. The summed E-state index contributed by atoms with van der Waals surface area (Å²) < 4.78 is 5.01. The second kappa shape index (κ2) is 3.73. The fourth-order valence-electron chi connectivity index (χ4n) is 1.24. The first-order valence-corrected chi connectivity index (χ1v) is 4.44. The molecule has 0 aromatic carbocycles. The molecule has 0 saturated heterocycles. The number of aromatic nitrogens is 1. The molecular formula is C10H15NO2. The molecule has 0 aliphatic rings. The van der Waals surface area contributed by atoms with E-state index in [1.165, 1.54) is 0 Å². The molecule has 3 nitrogen and oxygen atoms in total. The van der Waals surface area contributed by atoms with Gasteiger partial charge in [0.1, 0.15) is 11.5 Å². The van der Waals surface area contributed by atoms with E-state index in [2.05, 4.69) is 5.16 Å². The van der Waals surface area contributed by atoms with E-state index in [9.17, 15) is 4.79 Å². The number of Topliss-reactive ketones (excluding diaryl/α,β-unsaturated/α-hetero) is 1. The molecule has 0 N–H and O–H groups in total. The zero-order valence-corrected chi connectivity index (χ0v) is 8.55. The molecule has 72 valence electrons. The van der Waals surface area contributed by atoms with Crippen molar-refractivity contribution in [2.45, 2.75) is 34.1 Å². The molecule has 0 bridgehead atoms. The Bertz CT molecular complexity index is 295. The van der Waals surface area contributed by atoms with Crippen molar-refractivity contribution in [3.63, 3.8) is 0 Å². The largest absolute Gasteiger partial charge is 0.361 e. The van der Waals surface area contributed by atoms with Crippen LogP contribution in [0.25, 0.3) is 0 Å². The van der Waals surface area contributed by atoms with Crippen LogP contribution in [0.3, 0.4) is 0 Å². The average Bonchev–Trinajstić information content (AvgIpc) is 2.35. The van der Waals surface area contributed by atoms with Crippen molar-refractivity contribution in [3.8, 4) is 0 Å². The minimum absolute atomic E-state index is 0.0526. The molecule has 1 aromatic rings. The normalized spacial score (nSPS) is 12.9. The Morgan fingerprint density at radius 2 is 2.15 bits per heavy atom. The Kier molecular flexibility index (Phi) is 2.86. The van der Waals surface area contributed by atoms with Gasteiger partial charge in [0.15, 0.2) is 0 Å². The van der Waals surface area contributed by atoms with Crippen LogP contribution in [0.1, 0.15) is 30.9 Å². The molecule has 0 radical (unpaired) electrons. The van der Waals surface area contributed by atoms with Crippen molar-refractivity contribution in [3.05, 3.63) is 17.0 Å². The summed E-state index contributed by atoms with van der Waals surface area (Å²) >= 11 is 0. The smallest absolute Gasteiger partial charge is 0.137 e. The zero-order valence-electron chi connectivity index (χ0n) is 8.55. The summed E-state index contributed by atoms with van der Waals surface area (Å²) in [6, 6.07) is 0. The number of aryl methyl sites for hydroxylation is 2. The van der Waals surface area contributed by atoms with Crippen LogP contribution < -0.4 is 0 Å². The summed E-state index contributed by atoms with van der Waals surface area (Å²) in [6.45, 7) is 7.32. The van der Waals surface area contributed by atoms with E-state index < -0.39 is 0 Å². The first kappa shape index (κ1) is 9.96. The van der Waals surface area contributed by atoms with Crippen LogP contribution in [-0.2, 0) is 11.2 Å². The van der Waals surface area contributed by atoms with Crippen molar-refractivity contribution in [2.24, 2.45) is 5.92 Å². The first-order chi connectivity index (χ1) is 6.02. The van der Waals surface area contributed by atoms with Crippen LogP contribution in [-0.4, -0.2) is 10.9 Å². The second-order valence-electron chi connectivity index (χ2n) is 3.52. The van der Waals surface area contributed by atoms with Crippen molar-refractivity contribution in [2.75, 3.05) is 0 Å². The fraction of sp³-hybridized carbons (Fsp3) is 0.600. The van der Waals surface area contributed by atoms with E-state index in [4.69, 9.17) is 4.52 Å². The second-order valence-corrected chi connectivity index (χ2v) is 3.52. The number of hydrogen-bond acceptors (Lipinski definition) is 3. The third-order valence-corrected chi connectivity index (χ3v) is 2.39. The van der Waals surface area contributed by atoms with Crippen molar-refractivity contribution >= 4 is 5.78 Å². The lowest BCUT2D eigenvalue weighted by Gasteiger charge is -2.05. The first-order valence-electron chi connectivity index (χ1n) is 4.44. The lowest BCUT2D eigenvalue weighted by molar-refractivity contribution is -0.120. The maximum Gasteiger partial charge on any atom is 0.137 e. The predicted molar refractivity (Wildman–Crippen MR) is 49.5 cm³/mol. The standard InChI is InChI=1S/C10H15NO2/c1-6(8(3)12)5-10-7(2)11-13-9(10)4/h6H,5H2,1-4H3. The molecular weight excluding hydrogens is 166 g/mol. The summed E-state index contributed by atoms with van der Waals surface area (Å²) in [5.74, 6) is 1.09. The highest BCUT2D eigenvalue weighted by atomic mass is 16.5. The molecule has 1 unspecified atom stereocenters. The summed E-state index contributed by atoms with van der Waals surface area (Å²) in [6.07, 6.45) is 0.733. The summed E-state index contributed by atoms with van der Waals surface area (Å²) in [5.41, 5.74) is 1.97. The Morgan fingerprint density at radius 3 is 2.54 bits per heavy atom. The van der Waals surface area contributed by atoms with Crippen molar-refractivity contribution in [1.82, 2.24) is 5.16 Å². The Morgan fingerprint density at radius 1 is 1.54 bits per heavy atom. The van der Waals surface area contributed by atoms with Crippen molar-refractivity contribution in [1.29, 1.82) is 0 Å². The van der Waals surface area contributed by atoms with Gasteiger partial charge in [0.2, 0.25) is 0 Å². The Labute approximate surface area is 78.1 Å². The van der Waals surface area contributed by atoms with Crippen molar-refractivity contribution < 1.29 is 9.32 Å². The van der Waals surface area contributed by atoms with Crippen LogP contribution in [0.2, 0.25) is 0 Å². The Hall–Kier alpha value is -1.12. The van der Waals surface area contributed by atoms with Crippen LogP contribution in [0, 0.1) is 19.8 Å². The third-order valence-electron chi connectivity index (χ3n) is 2.39. The Balaban J connectivity index is 2.79. The number of nitrogens with zero attached hydrogens (tertiary/aromatic N) is 1. The highest BCUT2D eigenvalue weighted by molar-refractivity contribution is 5.78. The fourth-order valence-corrected chi connectivity index (χ4v) is 1.24. The summed E-state index contributed by atoms with van der Waals surface area (Å²) in [5, 5.41) is 3.84. The van der Waals surface area contributed by atoms with E-state index in [0.29, 0.717) is 0 Å². The predicted octanol–water partition coefficient (Wildman–Crippen LogP) is 2.06. The van der Waals surface area contributed by atoms with Gasteiger partial charge in [0, 0.05) is 11.5 Å². The van der Waals surface area contributed by atoms with Gasteiger partial charge in [-0.15, -0.1) is 0 Å². The van der Waals surface area contributed by atoms with Gasteiger partial charge in [-0.3, -0.25) is 4.79 Å². The van der Waals surface area contributed by atoms with Crippen LogP contribution in [0.5, 0.6) is 0 Å². The minimum Gasteiger partial charge on any atom is -0.361 e. The lowest BCUT2D eigenvalue weighted by Crippen LogP contribution is -2.10. The molecule has 1 atom stereocenters. The van der Waals surface area contributed by atoms with Crippen LogP contribution in [0.15, 0.2) is 4.52 Å². The lowest BCUT2D eigenvalue weighted by atomic mass is 9.97. The molecule has 3 heteroatoms. The minimum atomic E-state index is 0.0526. The van der Waals surface area contributed by atoms with Gasteiger partial charge < -0.3 is 4.52 Å². The molecule has 1 heterocycles. The van der Waals surface area contributed by atoms with E-state index >= 15 is 0 Å². The SMILES string of the molecule is CC(=O)C(C)Cc1c(C)noc1C. The van der Waals surface area contributed by atoms with Gasteiger partial charge in [-0.2, -0.15) is 0 Å². The summed E-state index contributed by atoms with van der Waals surface area (Å²) in [4.78, 5) is 11.0. The maximum atomic E-state index is 11.0. The third kappa shape index (κ3) is 2.17. The molecule has 0 fully saturated rings. The average molecular weight is 181 g/mol. The quantitative estimate of drug-likeness (QED) is 0.716. The molecule has 0 aliphatic heterocycles. The van der Waals surface area contributed by atoms with Gasteiger partial charge in [-0.1, -0.05) is 12.1 Å². The van der Waals surface area contributed by atoms with E-state index in [0.717, 1.165) is 23.4 Å². The van der Waals surface area contributed by atoms with Crippen LogP contribution >= 0.6 is 0 Å². The molecule has 13 heavy (non-hydrogen) atoms. The van der Waals surface area contributed by atoms with E-state index in [1.54, 1.807) is 6.92 Å². The van der Waals surface area contributed by atoms with Gasteiger partial charge in [-0.25, -0.2) is 0 Å². The zero-order chi connectivity index (χ0) is 10.0. The monoisotopic (exact) mass is 181 g/mol. The van der Waals surface area contributed by atoms with Gasteiger partial charge in [-0.05, 0) is 27.2 Å². The number of carbonyl (C=O) groups excluding carboxylic acids is 1. The molecule has 0 amide bonds. The number of rotatable bonds is 3. The van der Waals surface area contributed by atoms with E-state index in [1.807, 2.05) is 20.8 Å². The molecule has 0 aliphatic carbocycles. The van der Waals surface area contributed by atoms with E-state index in [-0.39, 0.29) is 11.7 Å². The van der Waals surface area contributed by atoms with Crippen LogP contribution in [0.4, 0.5) is 0 Å². The van der Waals surface area contributed by atoms with Gasteiger partial charge in [0.25, 0.3) is 0 Å². The number of ketones is 1.